The maximum atomic E-state index is 12.8. The van der Waals surface area contributed by atoms with Crippen LogP contribution in [0.15, 0.2) is 95.9 Å². The smallest absolute Gasteiger partial charge is 0.241 e. The monoisotopic (exact) mass is 394 g/mol. The highest BCUT2D eigenvalue weighted by Crippen LogP contribution is 2.11. The number of hydrogen-bond donors (Lipinski definition) is 2. The molecule has 0 aliphatic carbocycles. The summed E-state index contributed by atoms with van der Waals surface area (Å²) < 4.78 is 28.0. The molecule has 0 heterocycles. The van der Waals surface area contributed by atoms with Gasteiger partial charge in [-0.3, -0.25) is 4.79 Å². The van der Waals surface area contributed by atoms with Crippen LogP contribution in [0.2, 0.25) is 0 Å². The summed E-state index contributed by atoms with van der Waals surface area (Å²) in [5.41, 5.74) is 1.82. The second-order valence-corrected chi connectivity index (χ2v) is 8.09. The first-order chi connectivity index (χ1) is 13.5. The lowest BCUT2D eigenvalue weighted by Gasteiger charge is -2.19. The molecule has 3 aromatic carbocycles. The van der Waals surface area contributed by atoms with Crippen molar-refractivity contribution < 1.29 is 13.2 Å². The summed E-state index contributed by atoms with van der Waals surface area (Å²) in [5.74, 6) is -0.368. The molecule has 0 fully saturated rings. The van der Waals surface area contributed by atoms with Gasteiger partial charge in [0.15, 0.2) is 0 Å². The lowest BCUT2D eigenvalue weighted by Crippen LogP contribution is -2.47. The number of hydrogen-bond acceptors (Lipinski definition) is 3. The lowest BCUT2D eigenvalue weighted by atomic mass is 10.1. The Hall–Kier alpha value is -2.96. The zero-order valence-corrected chi connectivity index (χ0v) is 16.1. The molecule has 0 aromatic heterocycles. The highest BCUT2D eigenvalue weighted by atomic mass is 32.2. The third-order valence-electron chi connectivity index (χ3n) is 4.26. The van der Waals surface area contributed by atoms with Crippen molar-refractivity contribution in [3.8, 4) is 0 Å². The SMILES string of the molecule is O=C(NCc1ccccc1)[C@H](Cc1ccccc1)NS(=O)(=O)c1ccccc1. The van der Waals surface area contributed by atoms with Gasteiger partial charge in [-0.25, -0.2) is 8.42 Å². The largest absolute Gasteiger partial charge is 0.351 e. The van der Waals surface area contributed by atoms with E-state index < -0.39 is 16.1 Å². The average Bonchev–Trinajstić information content (AvgIpc) is 2.73. The van der Waals surface area contributed by atoms with Crippen LogP contribution >= 0.6 is 0 Å². The third-order valence-corrected chi connectivity index (χ3v) is 5.75. The minimum Gasteiger partial charge on any atom is -0.351 e. The van der Waals surface area contributed by atoms with Crippen molar-refractivity contribution >= 4 is 15.9 Å². The summed E-state index contributed by atoms with van der Waals surface area (Å²) in [6, 6.07) is 26.0. The molecule has 0 spiro atoms. The molecule has 0 saturated carbocycles. The van der Waals surface area contributed by atoms with Gasteiger partial charge in [0.05, 0.1) is 4.90 Å². The Balaban J connectivity index is 1.77. The molecule has 0 aliphatic heterocycles. The molecule has 0 aliphatic rings. The van der Waals surface area contributed by atoms with E-state index in [1.807, 2.05) is 60.7 Å². The van der Waals surface area contributed by atoms with Crippen LogP contribution in [-0.2, 0) is 27.8 Å². The molecule has 0 saturated heterocycles. The van der Waals surface area contributed by atoms with Crippen LogP contribution in [0.1, 0.15) is 11.1 Å². The summed E-state index contributed by atoms with van der Waals surface area (Å²) >= 11 is 0. The van der Waals surface area contributed by atoms with Gasteiger partial charge in [0, 0.05) is 6.54 Å². The van der Waals surface area contributed by atoms with Crippen molar-refractivity contribution in [2.45, 2.75) is 23.9 Å². The Labute approximate surface area is 165 Å². The molecule has 6 heteroatoms. The molecule has 144 valence electrons. The van der Waals surface area contributed by atoms with Gasteiger partial charge < -0.3 is 5.32 Å². The first kappa shape index (κ1) is 19.8. The fourth-order valence-electron chi connectivity index (χ4n) is 2.80. The highest BCUT2D eigenvalue weighted by Gasteiger charge is 2.25. The van der Waals surface area contributed by atoms with Gasteiger partial charge in [-0.05, 0) is 29.7 Å². The zero-order valence-electron chi connectivity index (χ0n) is 15.3. The highest BCUT2D eigenvalue weighted by molar-refractivity contribution is 7.89. The summed E-state index contributed by atoms with van der Waals surface area (Å²) in [6.45, 7) is 0.331. The minimum absolute atomic E-state index is 0.129. The number of rotatable bonds is 8. The molecular weight excluding hydrogens is 372 g/mol. The minimum atomic E-state index is -3.82. The van der Waals surface area contributed by atoms with Crippen LogP contribution in [0.5, 0.6) is 0 Å². The first-order valence-corrected chi connectivity index (χ1v) is 10.5. The predicted molar refractivity (Wildman–Crippen MR) is 109 cm³/mol. The maximum absolute atomic E-state index is 12.8. The third kappa shape index (κ3) is 5.52. The first-order valence-electron chi connectivity index (χ1n) is 8.97. The van der Waals surface area contributed by atoms with Gasteiger partial charge in [0.1, 0.15) is 6.04 Å². The molecule has 1 atom stereocenters. The standard InChI is InChI=1S/C22H22N2O3S/c25-22(23-17-19-12-6-2-7-13-19)21(16-18-10-4-1-5-11-18)24-28(26,27)20-14-8-3-9-15-20/h1-15,21,24H,16-17H2,(H,23,25)/t21-/m0/s1. The number of benzene rings is 3. The van der Waals surface area contributed by atoms with Crippen LogP contribution in [0.25, 0.3) is 0 Å². The normalized spacial score (nSPS) is 12.3. The van der Waals surface area contributed by atoms with E-state index in [1.165, 1.54) is 12.1 Å². The molecule has 5 nitrogen and oxygen atoms in total. The Morgan fingerprint density at radius 2 is 1.25 bits per heavy atom. The van der Waals surface area contributed by atoms with Crippen LogP contribution in [0.4, 0.5) is 0 Å². The molecule has 0 unspecified atom stereocenters. The number of nitrogens with one attached hydrogen (secondary N) is 2. The summed E-state index contributed by atoms with van der Waals surface area (Å²) in [4.78, 5) is 12.9. The van der Waals surface area contributed by atoms with Gasteiger partial charge in [-0.1, -0.05) is 78.9 Å². The van der Waals surface area contributed by atoms with E-state index in [0.29, 0.717) is 6.54 Å². The Kier molecular flexibility index (Phi) is 6.57. The maximum Gasteiger partial charge on any atom is 0.241 e. The molecular formula is C22H22N2O3S. The van der Waals surface area contributed by atoms with E-state index in [1.54, 1.807) is 18.2 Å². The Morgan fingerprint density at radius 1 is 0.750 bits per heavy atom. The van der Waals surface area contributed by atoms with E-state index in [4.69, 9.17) is 0 Å². The Bertz CT molecular complexity index is 992. The summed E-state index contributed by atoms with van der Waals surface area (Å²) in [5, 5.41) is 2.83. The molecule has 3 aromatic rings. The molecule has 3 rings (SSSR count). The van der Waals surface area contributed by atoms with Crippen molar-refractivity contribution in [3.05, 3.63) is 102 Å². The average molecular weight is 394 g/mol. The lowest BCUT2D eigenvalue weighted by molar-refractivity contribution is -0.122. The van der Waals surface area contributed by atoms with Crippen LogP contribution < -0.4 is 10.0 Å². The number of amides is 1. The molecule has 0 bridgehead atoms. The van der Waals surface area contributed by atoms with Gasteiger partial charge in [0.25, 0.3) is 0 Å². The van der Waals surface area contributed by atoms with Crippen LogP contribution in [-0.4, -0.2) is 20.4 Å². The fourth-order valence-corrected chi connectivity index (χ4v) is 4.02. The van der Waals surface area contributed by atoms with Gasteiger partial charge in [0.2, 0.25) is 15.9 Å². The summed E-state index contributed by atoms with van der Waals surface area (Å²) in [7, 11) is -3.82. The van der Waals surface area contributed by atoms with E-state index in [2.05, 4.69) is 10.0 Å². The van der Waals surface area contributed by atoms with E-state index in [-0.39, 0.29) is 17.2 Å². The molecule has 2 N–H and O–H groups in total. The van der Waals surface area contributed by atoms with Crippen molar-refractivity contribution in [1.82, 2.24) is 10.0 Å². The quantitative estimate of drug-likeness (QED) is 0.617. The topological polar surface area (TPSA) is 75.3 Å². The van der Waals surface area contributed by atoms with Crippen molar-refractivity contribution in [1.29, 1.82) is 0 Å². The Morgan fingerprint density at radius 3 is 1.82 bits per heavy atom. The van der Waals surface area contributed by atoms with E-state index in [9.17, 15) is 13.2 Å². The fraction of sp³-hybridized carbons (Fsp3) is 0.136. The second-order valence-electron chi connectivity index (χ2n) is 6.38. The van der Waals surface area contributed by atoms with Crippen molar-refractivity contribution in [2.24, 2.45) is 0 Å². The number of carbonyl (C=O) groups is 1. The molecule has 0 radical (unpaired) electrons. The van der Waals surface area contributed by atoms with Gasteiger partial charge >= 0.3 is 0 Å². The zero-order chi connectivity index (χ0) is 19.8. The second kappa shape index (κ2) is 9.30. The van der Waals surface area contributed by atoms with E-state index >= 15 is 0 Å². The van der Waals surface area contributed by atoms with Crippen LogP contribution in [0, 0.1) is 0 Å². The van der Waals surface area contributed by atoms with Crippen molar-refractivity contribution in [3.63, 3.8) is 0 Å². The van der Waals surface area contributed by atoms with Crippen LogP contribution in [0.3, 0.4) is 0 Å². The van der Waals surface area contributed by atoms with Gasteiger partial charge in [-0.15, -0.1) is 0 Å². The summed E-state index contributed by atoms with van der Waals surface area (Å²) in [6.07, 6.45) is 0.257. The van der Waals surface area contributed by atoms with E-state index in [0.717, 1.165) is 11.1 Å². The molecule has 28 heavy (non-hydrogen) atoms. The predicted octanol–water partition coefficient (Wildman–Crippen LogP) is 2.89. The number of sulfonamides is 1. The molecule has 1 amide bonds. The van der Waals surface area contributed by atoms with Crippen molar-refractivity contribution in [2.75, 3.05) is 0 Å². The number of carbonyl (C=O) groups excluding carboxylic acids is 1. The van der Waals surface area contributed by atoms with Gasteiger partial charge in [-0.2, -0.15) is 4.72 Å².